The predicted molar refractivity (Wildman–Crippen MR) is 50.6 cm³/mol. The van der Waals surface area contributed by atoms with E-state index in [2.05, 4.69) is 10.3 Å². The molecule has 0 aliphatic heterocycles. The van der Waals surface area contributed by atoms with Gasteiger partial charge in [-0.25, -0.2) is 0 Å². The molecular formula is C9H12N2O3. The number of aliphatic hydroxyl groups is 2. The molecule has 0 saturated carbocycles. The summed E-state index contributed by atoms with van der Waals surface area (Å²) in [5, 5.41) is 20.9. The van der Waals surface area contributed by atoms with Gasteiger partial charge in [0, 0.05) is 18.7 Å². The summed E-state index contributed by atoms with van der Waals surface area (Å²) in [4.78, 5) is 3.00. The van der Waals surface area contributed by atoms with Crippen LogP contribution in [-0.2, 0) is 0 Å². The van der Waals surface area contributed by atoms with Gasteiger partial charge in [0.1, 0.15) is 6.23 Å². The number of H-pyrrole nitrogens is 1. The van der Waals surface area contributed by atoms with E-state index in [1.165, 1.54) is 0 Å². The minimum absolute atomic E-state index is 0.00607. The maximum atomic E-state index is 9.58. The molecular weight excluding hydrogens is 184 g/mol. The number of rotatable bonds is 4. The molecule has 2 aromatic rings. The SMILES string of the molecule is OCCNC(O)c1cc2occc2[nH]1. The Bertz CT molecular complexity index is 378. The summed E-state index contributed by atoms with van der Waals surface area (Å²) < 4.78 is 5.13. The average molecular weight is 196 g/mol. The second-order valence-corrected chi connectivity index (χ2v) is 3.00. The van der Waals surface area contributed by atoms with Gasteiger partial charge in [0.05, 0.1) is 24.1 Å². The maximum Gasteiger partial charge on any atom is 0.151 e. The highest BCUT2D eigenvalue weighted by Gasteiger charge is 2.10. The molecule has 0 aromatic carbocycles. The fourth-order valence-electron chi connectivity index (χ4n) is 1.33. The molecule has 76 valence electrons. The normalized spacial score (nSPS) is 13.6. The van der Waals surface area contributed by atoms with Crippen LogP contribution >= 0.6 is 0 Å². The summed E-state index contributed by atoms with van der Waals surface area (Å²) in [5.74, 6) is 0. The van der Waals surface area contributed by atoms with Crippen molar-refractivity contribution >= 4 is 11.1 Å². The van der Waals surface area contributed by atoms with Crippen molar-refractivity contribution in [1.29, 1.82) is 0 Å². The first-order valence-corrected chi connectivity index (χ1v) is 4.39. The molecule has 5 nitrogen and oxygen atoms in total. The lowest BCUT2D eigenvalue weighted by Crippen LogP contribution is -2.24. The number of hydrogen-bond acceptors (Lipinski definition) is 4. The van der Waals surface area contributed by atoms with Crippen LogP contribution in [0.25, 0.3) is 11.1 Å². The van der Waals surface area contributed by atoms with E-state index in [-0.39, 0.29) is 6.61 Å². The first-order valence-electron chi connectivity index (χ1n) is 4.39. The maximum absolute atomic E-state index is 9.58. The van der Waals surface area contributed by atoms with Crippen molar-refractivity contribution in [2.75, 3.05) is 13.2 Å². The predicted octanol–water partition coefficient (Wildman–Crippen LogP) is 0.334. The number of fused-ring (bicyclic) bond motifs is 1. The zero-order valence-electron chi connectivity index (χ0n) is 7.53. The summed E-state index contributed by atoms with van der Waals surface area (Å²) in [6.07, 6.45) is 0.781. The van der Waals surface area contributed by atoms with Crippen LogP contribution in [-0.4, -0.2) is 28.3 Å². The van der Waals surface area contributed by atoms with Gasteiger partial charge in [0.2, 0.25) is 0 Å². The summed E-state index contributed by atoms with van der Waals surface area (Å²) in [7, 11) is 0. The Hall–Kier alpha value is -1.30. The quantitative estimate of drug-likeness (QED) is 0.531. The Morgan fingerprint density at radius 1 is 1.57 bits per heavy atom. The molecule has 0 bridgehead atoms. The number of aliphatic hydroxyl groups excluding tert-OH is 2. The van der Waals surface area contributed by atoms with E-state index in [1.807, 2.05) is 0 Å². The fraction of sp³-hybridized carbons (Fsp3) is 0.333. The lowest BCUT2D eigenvalue weighted by molar-refractivity contribution is 0.126. The first kappa shape index (κ1) is 9.26. The Labute approximate surface area is 80.3 Å². The molecule has 0 amide bonds. The Kier molecular flexibility index (Phi) is 2.53. The van der Waals surface area contributed by atoms with Crippen LogP contribution in [0, 0.1) is 0 Å². The van der Waals surface area contributed by atoms with Crippen molar-refractivity contribution in [2.45, 2.75) is 6.23 Å². The zero-order chi connectivity index (χ0) is 9.97. The van der Waals surface area contributed by atoms with E-state index in [1.54, 1.807) is 18.4 Å². The second kappa shape index (κ2) is 3.83. The van der Waals surface area contributed by atoms with Crippen LogP contribution in [0.1, 0.15) is 11.9 Å². The highest BCUT2D eigenvalue weighted by Crippen LogP contribution is 2.19. The van der Waals surface area contributed by atoms with Crippen molar-refractivity contribution in [3.8, 4) is 0 Å². The van der Waals surface area contributed by atoms with Crippen LogP contribution in [0.15, 0.2) is 22.8 Å². The molecule has 0 spiro atoms. The Morgan fingerprint density at radius 3 is 3.14 bits per heavy atom. The largest absolute Gasteiger partial charge is 0.463 e. The lowest BCUT2D eigenvalue weighted by Gasteiger charge is -2.09. The minimum atomic E-state index is -0.801. The summed E-state index contributed by atoms with van der Waals surface area (Å²) in [6, 6.07) is 3.52. The molecule has 1 atom stereocenters. The standard InChI is InChI=1S/C9H12N2O3/c12-3-2-10-9(13)7-5-8-6(11-7)1-4-14-8/h1,4-5,9-13H,2-3H2. The van der Waals surface area contributed by atoms with Crippen LogP contribution in [0.2, 0.25) is 0 Å². The average Bonchev–Trinajstić information content (AvgIpc) is 2.72. The van der Waals surface area contributed by atoms with Gasteiger partial charge in [0.15, 0.2) is 5.58 Å². The molecule has 2 rings (SSSR count). The van der Waals surface area contributed by atoms with Gasteiger partial charge in [-0.2, -0.15) is 0 Å². The molecule has 5 heteroatoms. The molecule has 2 heterocycles. The summed E-state index contributed by atoms with van der Waals surface area (Å²) >= 11 is 0. The smallest absolute Gasteiger partial charge is 0.151 e. The van der Waals surface area contributed by atoms with Crippen molar-refractivity contribution in [3.05, 3.63) is 24.1 Å². The van der Waals surface area contributed by atoms with E-state index in [9.17, 15) is 5.11 Å². The molecule has 0 saturated heterocycles. The van der Waals surface area contributed by atoms with E-state index in [4.69, 9.17) is 9.52 Å². The number of nitrogens with one attached hydrogen (secondary N) is 2. The molecule has 0 radical (unpaired) electrons. The van der Waals surface area contributed by atoms with Gasteiger partial charge >= 0.3 is 0 Å². The number of aromatic amines is 1. The van der Waals surface area contributed by atoms with Gasteiger partial charge < -0.3 is 19.6 Å². The molecule has 2 aromatic heterocycles. The van der Waals surface area contributed by atoms with Gasteiger partial charge in [-0.15, -0.1) is 0 Å². The van der Waals surface area contributed by atoms with E-state index in [0.717, 1.165) is 5.52 Å². The number of hydrogen-bond donors (Lipinski definition) is 4. The van der Waals surface area contributed by atoms with Crippen molar-refractivity contribution in [2.24, 2.45) is 0 Å². The van der Waals surface area contributed by atoms with Crippen LogP contribution < -0.4 is 5.32 Å². The van der Waals surface area contributed by atoms with E-state index in [0.29, 0.717) is 17.8 Å². The molecule has 0 aliphatic carbocycles. The molecule has 0 aliphatic rings. The Morgan fingerprint density at radius 2 is 2.43 bits per heavy atom. The zero-order valence-corrected chi connectivity index (χ0v) is 7.53. The summed E-state index contributed by atoms with van der Waals surface area (Å²) in [6.45, 7) is 0.343. The third kappa shape index (κ3) is 1.65. The van der Waals surface area contributed by atoms with E-state index < -0.39 is 6.23 Å². The van der Waals surface area contributed by atoms with Crippen LogP contribution in [0.3, 0.4) is 0 Å². The minimum Gasteiger partial charge on any atom is -0.463 e. The molecule has 14 heavy (non-hydrogen) atoms. The fourth-order valence-corrected chi connectivity index (χ4v) is 1.33. The van der Waals surface area contributed by atoms with Gasteiger partial charge in [-0.05, 0) is 0 Å². The lowest BCUT2D eigenvalue weighted by atomic mass is 10.4. The first-order chi connectivity index (χ1) is 6.81. The second-order valence-electron chi connectivity index (χ2n) is 3.00. The van der Waals surface area contributed by atoms with Crippen molar-refractivity contribution in [1.82, 2.24) is 10.3 Å². The van der Waals surface area contributed by atoms with Crippen LogP contribution in [0.5, 0.6) is 0 Å². The topological polar surface area (TPSA) is 81.4 Å². The van der Waals surface area contributed by atoms with Gasteiger partial charge in [0.25, 0.3) is 0 Å². The van der Waals surface area contributed by atoms with Gasteiger partial charge in [-0.3, -0.25) is 5.32 Å². The Balaban J connectivity index is 2.13. The monoisotopic (exact) mass is 196 g/mol. The highest BCUT2D eigenvalue weighted by atomic mass is 16.3. The molecule has 4 N–H and O–H groups in total. The van der Waals surface area contributed by atoms with Crippen LogP contribution in [0.4, 0.5) is 0 Å². The number of furan rings is 1. The third-order valence-corrected chi connectivity index (χ3v) is 2.00. The highest BCUT2D eigenvalue weighted by molar-refractivity contribution is 5.74. The summed E-state index contributed by atoms with van der Waals surface area (Å²) in [5.41, 5.74) is 2.20. The van der Waals surface area contributed by atoms with Crippen molar-refractivity contribution in [3.63, 3.8) is 0 Å². The number of aromatic nitrogens is 1. The van der Waals surface area contributed by atoms with E-state index >= 15 is 0 Å². The molecule has 1 unspecified atom stereocenters. The van der Waals surface area contributed by atoms with Gasteiger partial charge in [-0.1, -0.05) is 0 Å². The molecule has 0 fully saturated rings. The van der Waals surface area contributed by atoms with Crippen molar-refractivity contribution < 1.29 is 14.6 Å². The third-order valence-electron chi connectivity index (χ3n) is 2.00.